The van der Waals surface area contributed by atoms with Crippen molar-refractivity contribution in [2.75, 3.05) is 11.8 Å². The summed E-state index contributed by atoms with van der Waals surface area (Å²) in [6, 6.07) is 6.56. The molecule has 0 bridgehead atoms. The van der Waals surface area contributed by atoms with Crippen LogP contribution in [0, 0.1) is 11.6 Å². The summed E-state index contributed by atoms with van der Waals surface area (Å²) in [7, 11) is -3.09. The predicted molar refractivity (Wildman–Crippen MR) is 113 cm³/mol. The summed E-state index contributed by atoms with van der Waals surface area (Å²) < 4.78 is 60.9. The Morgan fingerprint density at radius 1 is 1.03 bits per heavy atom. The van der Waals surface area contributed by atoms with E-state index in [1.54, 1.807) is 12.1 Å². The number of nitrogens with zero attached hydrogens (tertiary/aromatic N) is 3. The smallest absolute Gasteiger partial charge is 0.276 e. The molecule has 164 valence electrons. The Morgan fingerprint density at radius 3 is 2.44 bits per heavy atom. The SMILES string of the molecule is COc1ncc(-c2ccc3ncc(Cl)c(=O)n3c2)cc1NS(=O)(=O)c1cc(F)cc(F)c1. The zero-order valence-electron chi connectivity index (χ0n) is 16.2. The van der Waals surface area contributed by atoms with E-state index in [1.807, 2.05) is 0 Å². The number of hydrogen-bond acceptors (Lipinski definition) is 6. The minimum Gasteiger partial charge on any atom is -0.480 e. The first kappa shape index (κ1) is 21.7. The Bertz CT molecular complexity index is 1510. The lowest BCUT2D eigenvalue weighted by atomic mass is 10.1. The first-order valence-electron chi connectivity index (χ1n) is 8.88. The minimum absolute atomic E-state index is 0.0664. The second kappa shape index (κ2) is 8.17. The van der Waals surface area contributed by atoms with Crippen molar-refractivity contribution in [1.82, 2.24) is 14.4 Å². The molecule has 0 unspecified atom stereocenters. The summed E-state index contributed by atoms with van der Waals surface area (Å²) in [6.07, 6.45) is 4.12. The van der Waals surface area contributed by atoms with Crippen molar-refractivity contribution < 1.29 is 21.9 Å². The third-order valence-electron chi connectivity index (χ3n) is 4.43. The van der Waals surface area contributed by atoms with Crippen molar-refractivity contribution in [2.45, 2.75) is 4.90 Å². The molecule has 1 aromatic carbocycles. The van der Waals surface area contributed by atoms with Crippen molar-refractivity contribution in [1.29, 1.82) is 0 Å². The molecular weight excluding hydrogens is 466 g/mol. The summed E-state index contributed by atoms with van der Waals surface area (Å²) in [5.41, 5.74) is 0.720. The van der Waals surface area contributed by atoms with Gasteiger partial charge in [-0.25, -0.2) is 27.2 Å². The molecule has 0 aliphatic heterocycles. The van der Waals surface area contributed by atoms with Gasteiger partial charge in [-0.2, -0.15) is 0 Å². The predicted octanol–water partition coefficient (Wildman–Crippen LogP) is 3.50. The van der Waals surface area contributed by atoms with E-state index in [1.165, 1.54) is 36.2 Å². The number of sulfonamides is 1. The van der Waals surface area contributed by atoms with Gasteiger partial charge < -0.3 is 4.74 Å². The topological polar surface area (TPSA) is 103 Å². The molecule has 0 saturated carbocycles. The van der Waals surface area contributed by atoms with Gasteiger partial charge in [-0.05, 0) is 30.3 Å². The second-order valence-corrected chi connectivity index (χ2v) is 8.64. The monoisotopic (exact) mass is 478 g/mol. The summed E-state index contributed by atoms with van der Waals surface area (Å²) in [5.74, 6) is -2.16. The van der Waals surface area contributed by atoms with Gasteiger partial charge in [-0.1, -0.05) is 11.6 Å². The van der Waals surface area contributed by atoms with E-state index in [9.17, 15) is 22.0 Å². The van der Waals surface area contributed by atoms with Crippen LogP contribution in [0.4, 0.5) is 14.5 Å². The van der Waals surface area contributed by atoms with Crippen molar-refractivity contribution in [3.05, 3.63) is 82.0 Å². The van der Waals surface area contributed by atoms with Gasteiger partial charge in [0, 0.05) is 29.6 Å². The van der Waals surface area contributed by atoms with Crippen LogP contribution in [0.2, 0.25) is 5.02 Å². The molecule has 3 heterocycles. The molecule has 0 spiro atoms. The van der Waals surface area contributed by atoms with Crippen LogP contribution in [0.15, 0.2) is 64.7 Å². The molecule has 0 radical (unpaired) electrons. The summed E-state index contributed by atoms with van der Waals surface area (Å²) in [6.45, 7) is 0. The first-order chi connectivity index (χ1) is 15.2. The molecule has 0 aliphatic carbocycles. The zero-order valence-corrected chi connectivity index (χ0v) is 17.8. The van der Waals surface area contributed by atoms with Crippen molar-refractivity contribution in [3.63, 3.8) is 0 Å². The number of methoxy groups -OCH3 is 1. The number of nitrogens with one attached hydrogen (secondary N) is 1. The Labute approximate surface area is 185 Å². The van der Waals surface area contributed by atoms with Gasteiger partial charge >= 0.3 is 0 Å². The maximum Gasteiger partial charge on any atom is 0.276 e. The number of fused-ring (bicyclic) bond motifs is 1. The molecule has 0 fully saturated rings. The molecule has 1 N–H and O–H groups in total. The van der Waals surface area contributed by atoms with Crippen LogP contribution in [0.5, 0.6) is 5.88 Å². The van der Waals surface area contributed by atoms with Crippen LogP contribution in [-0.2, 0) is 10.0 Å². The van der Waals surface area contributed by atoms with Gasteiger partial charge in [0.25, 0.3) is 15.6 Å². The molecule has 4 rings (SSSR count). The molecule has 0 amide bonds. The van der Waals surface area contributed by atoms with Crippen LogP contribution < -0.4 is 15.0 Å². The van der Waals surface area contributed by atoms with E-state index >= 15 is 0 Å². The molecule has 0 atom stereocenters. The summed E-state index contributed by atoms with van der Waals surface area (Å²) >= 11 is 5.85. The highest BCUT2D eigenvalue weighted by Crippen LogP contribution is 2.30. The van der Waals surface area contributed by atoms with E-state index in [2.05, 4.69) is 14.7 Å². The Hall–Kier alpha value is -3.57. The van der Waals surface area contributed by atoms with Gasteiger partial charge in [0.15, 0.2) is 0 Å². The third kappa shape index (κ3) is 4.12. The van der Waals surface area contributed by atoms with Crippen LogP contribution in [-0.4, -0.2) is 29.9 Å². The highest BCUT2D eigenvalue weighted by molar-refractivity contribution is 7.92. The number of ether oxygens (including phenoxy) is 1. The van der Waals surface area contributed by atoms with Crippen LogP contribution in [0.3, 0.4) is 0 Å². The molecule has 0 aliphatic rings. The molecule has 32 heavy (non-hydrogen) atoms. The molecule has 3 aromatic heterocycles. The fourth-order valence-corrected chi connectivity index (χ4v) is 4.19. The standard InChI is InChI=1S/C20H13ClF2N4O4S/c1-31-19-17(26-32(29,30)15-6-13(22)5-14(23)7-15)4-12(8-25-19)11-2-3-18-24-9-16(21)20(28)27(18)10-11/h2-10,26H,1H3. The molecule has 12 heteroatoms. The zero-order chi connectivity index (χ0) is 23.0. The van der Waals surface area contributed by atoms with E-state index in [4.69, 9.17) is 16.3 Å². The lowest BCUT2D eigenvalue weighted by Crippen LogP contribution is -2.15. The van der Waals surface area contributed by atoms with Crippen molar-refractivity contribution >= 4 is 33.0 Å². The summed E-state index contributed by atoms with van der Waals surface area (Å²) in [4.78, 5) is 19.8. The molecule has 0 saturated heterocycles. The van der Waals surface area contributed by atoms with E-state index < -0.39 is 32.1 Å². The van der Waals surface area contributed by atoms with Gasteiger partial charge in [0.1, 0.15) is 28.0 Å². The number of aromatic nitrogens is 3. The lowest BCUT2D eigenvalue weighted by molar-refractivity contribution is 0.400. The van der Waals surface area contributed by atoms with E-state index in [-0.39, 0.29) is 16.6 Å². The van der Waals surface area contributed by atoms with Crippen molar-refractivity contribution in [2.24, 2.45) is 0 Å². The second-order valence-electron chi connectivity index (χ2n) is 6.55. The Balaban J connectivity index is 1.79. The minimum atomic E-state index is -4.37. The van der Waals surface area contributed by atoms with Crippen LogP contribution in [0.25, 0.3) is 16.8 Å². The molecule has 8 nitrogen and oxygen atoms in total. The van der Waals surface area contributed by atoms with E-state index in [0.717, 1.165) is 0 Å². The number of benzene rings is 1. The normalized spacial score (nSPS) is 11.5. The third-order valence-corrected chi connectivity index (χ3v) is 6.03. The molecular formula is C20H13ClF2N4O4S. The number of rotatable bonds is 5. The first-order valence-corrected chi connectivity index (χ1v) is 10.7. The van der Waals surface area contributed by atoms with Gasteiger partial charge in [0.05, 0.1) is 18.2 Å². The molecule has 4 aromatic rings. The van der Waals surface area contributed by atoms with Gasteiger partial charge in [0.2, 0.25) is 5.88 Å². The maximum absolute atomic E-state index is 13.5. The van der Waals surface area contributed by atoms with Gasteiger partial charge in [-0.3, -0.25) is 13.9 Å². The largest absolute Gasteiger partial charge is 0.480 e. The summed E-state index contributed by atoms with van der Waals surface area (Å²) in [5, 5.41) is -0.0664. The highest BCUT2D eigenvalue weighted by atomic mass is 35.5. The van der Waals surface area contributed by atoms with Crippen LogP contribution in [0.1, 0.15) is 0 Å². The number of pyridine rings is 2. The van der Waals surface area contributed by atoms with E-state index in [0.29, 0.717) is 35.0 Å². The quantitative estimate of drug-likeness (QED) is 0.471. The highest BCUT2D eigenvalue weighted by Gasteiger charge is 2.20. The maximum atomic E-state index is 13.5. The van der Waals surface area contributed by atoms with Crippen molar-refractivity contribution in [3.8, 4) is 17.0 Å². The van der Waals surface area contributed by atoms with Gasteiger partial charge in [-0.15, -0.1) is 0 Å². The number of halogens is 3. The fraction of sp³-hybridized carbons (Fsp3) is 0.0500. The average Bonchev–Trinajstić information content (AvgIpc) is 2.75. The Morgan fingerprint density at radius 2 is 1.75 bits per heavy atom. The fourth-order valence-electron chi connectivity index (χ4n) is 2.96. The lowest BCUT2D eigenvalue weighted by Gasteiger charge is -2.13. The number of hydrogen-bond donors (Lipinski definition) is 1. The number of anilines is 1. The average molecular weight is 479 g/mol. The Kier molecular flexibility index (Phi) is 5.53. The van der Waals surface area contributed by atoms with Crippen LogP contribution >= 0.6 is 11.6 Å².